The van der Waals surface area contributed by atoms with Crippen molar-refractivity contribution in [2.24, 2.45) is 0 Å². The maximum atomic E-state index is 12.0. The lowest BCUT2D eigenvalue weighted by Gasteiger charge is -2.26. The van der Waals surface area contributed by atoms with Crippen LogP contribution < -0.4 is 5.32 Å². The molecule has 2 amide bonds. The Kier molecular flexibility index (Phi) is 5.84. The summed E-state index contributed by atoms with van der Waals surface area (Å²) in [6.07, 6.45) is 3.82. The summed E-state index contributed by atoms with van der Waals surface area (Å²) in [6.45, 7) is 4.54. The Hall–Kier alpha value is -2.05. The number of aromatic amines is 1. The molecule has 3 N–H and O–H groups in total. The van der Waals surface area contributed by atoms with Gasteiger partial charge in [-0.15, -0.1) is 0 Å². The zero-order chi connectivity index (χ0) is 14.3. The number of hydrogen-bond donors (Lipinski definition) is 3. The highest BCUT2D eigenvalue weighted by atomic mass is 16.4. The van der Waals surface area contributed by atoms with Crippen molar-refractivity contribution in [3.63, 3.8) is 0 Å². The molecule has 0 aliphatic rings. The Labute approximate surface area is 112 Å². The first-order chi connectivity index (χ1) is 9.00. The third-order valence-corrected chi connectivity index (χ3v) is 2.64. The van der Waals surface area contributed by atoms with Crippen molar-refractivity contribution in [1.29, 1.82) is 0 Å². The van der Waals surface area contributed by atoms with Crippen LogP contribution in [0.15, 0.2) is 12.4 Å². The molecule has 0 radical (unpaired) electrons. The van der Waals surface area contributed by atoms with E-state index >= 15 is 0 Å². The molecule has 1 aromatic rings. The topological polar surface area (TPSA) is 98.3 Å². The Morgan fingerprint density at radius 2 is 2.26 bits per heavy atom. The number of hydrogen-bond acceptors (Lipinski definition) is 3. The van der Waals surface area contributed by atoms with Gasteiger partial charge in [-0.25, -0.2) is 9.78 Å². The molecule has 0 aromatic carbocycles. The Balaban J connectivity index is 2.41. The van der Waals surface area contributed by atoms with Gasteiger partial charge < -0.3 is 20.3 Å². The zero-order valence-electron chi connectivity index (χ0n) is 11.2. The highest BCUT2D eigenvalue weighted by Gasteiger charge is 2.16. The molecule has 0 aliphatic heterocycles. The number of carboxylic acid groups (broad SMARTS) is 1. The van der Waals surface area contributed by atoms with Crippen molar-refractivity contribution in [3.8, 4) is 0 Å². The van der Waals surface area contributed by atoms with Crippen LogP contribution >= 0.6 is 0 Å². The van der Waals surface area contributed by atoms with Gasteiger partial charge >= 0.3 is 12.0 Å². The van der Waals surface area contributed by atoms with Crippen LogP contribution in [0.5, 0.6) is 0 Å². The second-order valence-electron chi connectivity index (χ2n) is 4.48. The highest BCUT2D eigenvalue weighted by Crippen LogP contribution is 2.03. The van der Waals surface area contributed by atoms with Crippen LogP contribution in [0.25, 0.3) is 0 Å². The molecule has 106 valence electrons. The summed E-state index contributed by atoms with van der Waals surface area (Å²) in [6, 6.07) is -0.192. The van der Waals surface area contributed by atoms with E-state index in [0.717, 1.165) is 0 Å². The van der Waals surface area contributed by atoms with Gasteiger partial charge in [0.1, 0.15) is 5.82 Å². The van der Waals surface area contributed by atoms with Crippen LogP contribution in [0.2, 0.25) is 0 Å². The first-order valence-electron chi connectivity index (χ1n) is 6.25. The standard InChI is InChI=1S/C12H20N4O3/c1-9(2)16(7-3-4-11(17)18)12(19)15-8-10-13-5-6-14-10/h5-6,9H,3-4,7-8H2,1-2H3,(H,13,14)(H,15,19)(H,17,18). The van der Waals surface area contributed by atoms with Gasteiger partial charge in [0.15, 0.2) is 0 Å². The highest BCUT2D eigenvalue weighted by molar-refractivity contribution is 5.74. The molecule has 0 saturated heterocycles. The number of carbonyl (C=O) groups is 2. The monoisotopic (exact) mass is 268 g/mol. The van der Waals surface area contributed by atoms with E-state index in [1.54, 1.807) is 17.3 Å². The Bertz CT molecular complexity index is 403. The number of aliphatic carboxylic acids is 1. The molecule has 7 nitrogen and oxygen atoms in total. The van der Waals surface area contributed by atoms with E-state index in [4.69, 9.17) is 5.11 Å². The largest absolute Gasteiger partial charge is 0.481 e. The lowest BCUT2D eigenvalue weighted by molar-refractivity contribution is -0.137. The molecule has 1 aromatic heterocycles. The minimum Gasteiger partial charge on any atom is -0.481 e. The molecule has 7 heteroatoms. The van der Waals surface area contributed by atoms with Gasteiger partial charge in [0.05, 0.1) is 6.54 Å². The van der Waals surface area contributed by atoms with E-state index in [1.807, 2.05) is 13.8 Å². The predicted octanol–water partition coefficient (Wildman–Crippen LogP) is 1.19. The number of amides is 2. The number of carboxylic acids is 1. The fourth-order valence-electron chi connectivity index (χ4n) is 1.65. The van der Waals surface area contributed by atoms with Gasteiger partial charge in [-0.3, -0.25) is 4.79 Å². The van der Waals surface area contributed by atoms with Crippen LogP contribution in [0.1, 0.15) is 32.5 Å². The number of nitrogens with zero attached hydrogens (tertiary/aromatic N) is 2. The lowest BCUT2D eigenvalue weighted by atomic mass is 10.2. The van der Waals surface area contributed by atoms with E-state index < -0.39 is 5.97 Å². The van der Waals surface area contributed by atoms with Crippen molar-refractivity contribution in [1.82, 2.24) is 20.2 Å². The first kappa shape index (κ1) is 15.0. The summed E-state index contributed by atoms with van der Waals surface area (Å²) in [5, 5.41) is 11.4. The van der Waals surface area contributed by atoms with E-state index in [0.29, 0.717) is 25.3 Å². The number of urea groups is 1. The Morgan fingerprint density at radius 3 is 2.79 bits per heavy atom. The third-order valence-electron chi connectivity index (χ3n) is 2.64. The van der Waals surface area contributed by atoms with E-state index in [1.165, 1.54) is 0 Å². The first-order valence-corrected chi connectivity index (χ1v) is 6.25. The molecule has 0 unspecified atom stereocenters. The maximum Gasteiger partial charge on any atom is 0.318 e. The maximum absolute atomic E-state index is 12.0. The van der Waals surface area contributed by atoms with Crippen molar-refractivity contribution in [2.45, 2.75) is 39.3 Å². The molecule has 0 fully saturated rings. The Morgan fingerprint density at radius 1 is 1.53 bits per heavy atom. The number of imidazole rings is 1. The van der Waals surface area contributed by atoms with Crippen molar-refractivity contribution >= 4 is 12.0 Å². The summed E-state index contributed by atoms with van der Waals surface area (Å²) in [5.41, 5.74) is 0. The number of nitrogens with one attached hydrogen (secondary N) is 2. The molecule has 0 aliphatic carbocycles. The van der Waals surface area contributed by atoms with E-state index in [2.05, 4.69) is 15.3 Å². The van der Waals surface area contributed by atoms with Crippen LogP contribution in [0.4, 0.5) is 4.79 Å². The van der Waals surface area contributed by atoms with Crippen LogP contribution in [0, 0.1) is 0 Å². The summed E-state index contributed by atoms with van der Waals surface area (Å²) in [5.74, 6) is -0.165. The number of rotatable bonds is 7. The zero-order valence-corrected chi connectivity index (χ0v) is 11.2. The average Bonchev–Trinajstić information content (AvgIpc) is 2.84. The summed E-state index contributed by atoms with van der Waals surface area (Å²) < 4.78 is 0. The molecular weight excluding hydrogens is 248 g/mol. The fourth-order valence-corrected chi connectivity index (χ4v) is 1.65. The fraction of sp³-hybridized carbons (Fsp3) is 0.583. The second-order valence-corrected chi connectivity index (χ2v) is 4.48. The molecular formula is C12H20N4O3. The quantitative estimate of drug-likeness (QED) is 0.692. The van der Waals surface area contributed by atoms with E-state index in [9.17, 15) is 9.59 Å². The van der Waals surface area contributed by atoms with Gasteiger partial charge in [-0.2, -0.15) is 0 Å². The minimum absolute atomic E-state index is 0.0189. The summed E-state index contributed by atoms with van der Waals surface area (Å²) in [4.78, 5) is 31.0. The third kappa shape index (κ3) is 5.41. The van der Waals surface area contributed by atoms with E-state index in [-0.39, 0.29) is 18.5 Å². The van der Waals surface area contributed by atoms with Crippen LogP contribution in [0.3, 0.4) is 0 Å². The van der Waals surface area contributed by atoms with Gasteiger partial charge in [0.25, 0.3) is 0 Å². The second kappa shape index (κ2) is 7.40. The van der Waals surface area contributed by atoms with Gasteiger partial charge in [-0.05, 0) is 20.3 Å². The van der Waals surface area contributed by atoms with Gasteiger partial charge in [-0.1, -0.05) is 0 Å². The predicted molar refractivity (Wildman–Crippen MR) is 69.5 cm³/mol. The molecule has 0 saturated carbocycles. The molecule has 19 heavy (non-hydrogen) atoms. The van der Waals surface area contributed by atoms with Gasteiger partial charge in [0.2, 0.25) is 0 Å². The summed E-state index contributed by atoms with van der Waals surface area (Å²) in [7, 11) is 0. The molecule has 0 bridgehead atoms. The lowest BCUT2D eigenvalue weighted by Crippen LogP contribution is -2.44. The number of H-pyrrole nitrogens is 1. The van der Waals surface area contributed by atoms with Crippen LogP contribution in [-0.4, -0.2) is 44.6 Å². The minimum atomic E-state index is -0.848. The average molecular weight is 268 g/mol. The van der Waals surface area contributed by atoms with Crippen molar-refractivity contribution in [2.75, 3.05) is 6.54 Å². The van der Waals surface area contributed by atoms with Crippen molar-refractivity contribution < 1.29 is 14.7 Å². The van der Waals surface area contributed by atoms with Crippen LogP contribution in [-0.2, 0) is 11.3 Å². The molecule has 0 spiro atoms. The molecule has 0 atom stereocenters. The van der Waals surface area contributed by atoms with Crippen molar-refractivity contribution in [3.05, 3.63) is 18.2 Å². The number of carbonyl (C=O) groups excluding carboxylic acids is 1. The molecule has 1 heterocycles. The summed E-state index contributed by atoms with van der Waals surface area (Å²) >= 11 is 0. The molecule has 1 rings (SSSR count). The number of aromatic nitrogens is 2. The normalized spacial score (nSPS) is 10.5. The van der Waals surface area contributed by atoms with Gasteiger partial charge in [0, 0.05) is 31.4 Å². The smallest absolute Gasteiger partial charge is 0.318 e. The SMILES string of the molecule is CC(C)N(CCCC(=O)O)C(=O)NCc1ncc[nH]1.